The third-order valence-electron chi connectivity index (χ3n) is 6.99. The number of alkyl halides is 3. The van der Waals surface area contributed by atoms with Gasteiger partial charge in [-0.05, 0) is 54.3 Å². The highest BCUT2D eigenvalue weighted by atomic mass is 19.4. The number of halogens is 3. The molecule has 1 fully saturated rings. The summed E-state index contributed by atoms with van der Waals surface area (Å²) >= 11 is 0. The Balaban J connectivity index is 0.00000176. The molecule has 2 heterocycles. The van der Waals surface area contributed by atoms with Gasteiger partial charge in [0.1, 0.15) is 17.6 Å². The summed E-state index contributed by atoms with van der Waals surface area (Å²) in [6.07, 6.45) is -1.85. The number of hydrogen-bond acceptors (Lipinski definition) is 4. The molecular weight excluding hydrogens is 463 g/mol. The second kappa shape index (κ2) is 12.0. The topological polar surface area (TPSA) is 28.1 Å². The minimum absolute atomic E-state index is 0.125. The van der Waals surface area contributed by atoms with Crippen LogP contribution in [0.25, 0.3) is 0 Å². The molecule has 2 aromatic carbocycles. The van der Waals surface area contributed by atoms with Gasteiger partial charge in [0.25, 0.3) is 0 Å². The van der Waals surface area contributed by atoms with Crippen molar-refractivity contribution in [3.8, 4) is 5.75 Å². The first-order valence-corrected chi connectivity index (χ1v) is 13.2. The van der Waals surface area contributed by atoms with E-state index >= 15 is 0 Å². The van der Waals surface area contributed by atoms with Crippen LogP contribution in [0.5, 0.6) is 5.75 Å². The maximum Gasteiger partial charge on any atom is 0.431 e. The van der Waals surface area contributed by atoms with E-state index in [2.05, 4.69) is 48.1 Å². The van der Waals surface area contributed by atoms with Gasteiger partial charge in [0.2, 0.25) is 0 Å². The van der Waals surface area contributed by atoms with E-state index in [-0.39, 0.29) is 12.1 Å². The summed E-state index contributed by atoms with van der Waals surface area (Å²) in [6.45, 7) is 13.8. The lowest BCUT2D eigenvalue weighted by Crippen LogP contribution is -2.38. The zero-order valence-electron chi connectivity index (χ0n) is 22.3. The Labute approximate surface area is 214 Å². The largest absolute Gasteiger partial charge is 0.490 e. The molecule has 2 aliphatic heterocycles. The first kappa shape index (κ1) is 27.9. The molecule has 4 rings (SSSR count). The van der Waals surface area contributed by atoms with Crippen LogP contribution in [0, 0.1) is 5.92 Å². The number of rotatable bonds is 6. The van der Waals surface area contributed by atoms with Gasteiger partial charge < -0.3 is 9.64 Å². The summed E-state index contributed by atoms with van der Waals surface area (Å²) in [5.74, 6) is 0.586. The highest BCUT2D eigenvalue weighted by molar-refractivity contribution is 5.95. The molecule has 1 unspecified atom stereocenters. The van der Waals surface area contributed by atoms with Crippen molar-refractivity contribution in [2.45, 2.75) is 85.0 Å². The first-order valence-electron chi connectivity index (χ1n) is 13.2. The van der Waals surface area contributed by atoms with Crippen LogP contribution in [0.4, 0.5) is 24.5 Å². The van der Waals surface area contributed by atoms with Gasteiger partial charge in [0.15, 0.2) is 0 Å². The summed E-state index contributed by atoms with van der Waals surface area (Å²) in [4.78, 5) is 2.41. The second-order valence-electron chi connectivity index (χ2n) is 9.64. The van der Waals surface area contributed by atoms with Crippen molar-refractivity contribution < 1.29 is 17.9 Å². The average Bonchev–Trinajstić information content (AvgIpc) is 3.23. The quantitative estimate of drug-likeness (QED) is 0.399. The summed E-state index contributed by atoms with van der Waals surface area (Å²) in [7, 11) is 0. The summed E-state index contributed by atoms with van der Waals surface area (Å²) in [5, 5.41) is 5.46. The molecule has 0 spiro atoms. The predicted molar refractivity (Wildman–Crippen MR) is 143 cm³/mol. The van der Waals surface area contributed by atoms with Crippen molar-refractivity contribution in [3.63, 3.8) is 0 Å². The highest BCUT2D eigenvalue weighted by Gasteiger charge is 2.47. The second-order valence-corrected chi connectivity index (χ2v) is 9.64. The molecule has 0 aromatic heterocycles. The van der Waals surface area contributed by atoms with Crippen molar-refractivity contribution in [2.24, 2.45) is 11.0 Å². The van der Waals surface area contributed by atoms with Gasteiger partial charge in [-0.1, -0.05) is 53.7 Å². The molecule has 1 saturated heterocycles. The van der Waals surface area contributed by atoms with Gasteiger partial charge in [-0.25, -0.2) is 0 Å². The molecule has 36 heavy (non-hydrogen) atoms. The van der Waals surface area contributed by atoms with Crippen LogP contribution < -0.4 is 14.6 Å². The number of ether oxygens (including phenoxy) is 1. The van der Waals surface area contributed by atoms with E-state index in [0.717, 1.165) is 31.7 Å². The number of anilines is 2. The van der Waals surface area contributed by atoms with E-state index in [4.69, 9.17) is 4.74 Å². The van der Waals surface area contributed by atoms with Crippen molar-refractivity contribution in [3.05, 3.63) is 54.1 Å². The fourth-order valence-electron chi connectivity index (χ4n) is 4.95. The maximum atomic E-state index is 13.3. The molecule has 2 atom stereocenters. The SMILES string of the molecule is CC.CC[C@H]1C(C)C(C(F)(F)F)=NN1c1ccc(OC2CCN(c3cccc(C(C)C)c3)CC2)cc1. The van der Waals surface area contributed by atoms with E-state index < -0.39 is 17.8 Å². The third-order valence-corrected chi connectivity index (χ3v) is 6.99. The van der Waals surface area contributed by atoms with Crippen LogP contribution in [0.1, 0.15) is 72.3 Å². The minimum atomic E-state index is -4.41. The Morgan fingerprint density at radius 1 is 1.00 bits per heavy atom. The molecule has 2 aliphatic rings. The number of piperidine rings is 1. The normalized spacial score (nSPS) is 20.8. The Morgan fingerprint density at radius 2 is 1.64 bits per heavy atom. The Hall–Kier alpha value is -2.70. The van der Waals surface area contributed by atoms with Gasteiger partial charge >= 0.3 is 6.18 Å². The molecule has 0 amide bonds. The van der Waals surface area contributed by atoms with Crippen LogP contribution in [-0.2, 0) is 0 Å². The number of nitrogens with zero attached hydrogens (tertiary/aromatic N) is 3. The number of hydrogen-bond donors (Lipinski definition) is 0. The maximum absolute atomic E-state index is 13.3. The van der Waals surface area contributed by atoms with E-state index in [1.807, 2.05) is 32.9 Å². The van der Waals surface area contributed by atoms with Gasteiger partial charge in [-0.2, -0.15) is 18.3 Å². The van der Waals surface area contributed by atoms with Crippen LogP contribution in [0.15, 0.2) is 53.6 Å². The fourth-order valence-corrected chi connectivity index (χ4v) is 4.95. The predicted octanol–water partition coefficient (Wildman–Crippen LogP) is 8.04. The lowest BCUT2D eigenvalue weighted by Gasteiger charge is -2.34. The Bertz CT molecular complexity index is 996. The lowest BCUT2D eigenvalue weighted by atomic mass is 9.95. The monoisotopic (exact) mass is 503 g/mol. The van der Waals surface area contributed by atoms with Crippen LogP contribution >= 0.6 is 0 Å². The van der Waals surface area contributed by atoms with E-state index in [1.54, 1.807) is 19.1 Å². The van der Waals surface area contributed by atoms with Crippen LogP contribution in [-0.4, -0.2) is 37.1 Å². The van der Waals surface area contributed by atoms with Crippen molar-refractivity contribution >= 4 is 17.1 Å². The molecule has 0 bridgehead atoms. The molecule has 0 radical (unpaired) electrons. The van der Waals surface area contributed by atoms with Crippen LogP contribution in [0.3, 0.4) is 0 Å². The Morgan fingerprint density at radius 3 is 2.19 bits per heavy atom. The van der Waals surface area contributed by atoms with E-state index in [0.29, 0.717) is 18.0 Å². The zero-order chi connectivity index (χ0) is 26.5. The van der Waals surface area contributed by atoms with E-state index in [9.17, 15) is 13.2 Å². The summed E-state index contributed by atoms with van der Waals surface area (Å²) < 4.78 is 46.2. The van der Waals surface area contributed by atoms with Crippen molar-refractivity contribution in [2.75, 3.05) is 23.0 Å². The van der Waals surface area contributed by atoms with Gasteiger partial charge in [-0.15, -0.1) is 0 Å². The molecule has 7 heteroatoms. The fraction of sp³-hybridized carbons (Fsp3) is 0.552. The Kier molecular flexibility index (Phi) is 9.31. The lowest BCUT2D eigenvalue weighted by molar-refractivity contribution is -0.0620. The zero-order valence-corrected chi connectivity index (χ0v) is 22.3. The number of benzene rings is 2. The first-order chi connectivity index (χ1) is 17.2. The van der Waals surface area contributed by atoms with E-state index in [1.165, 1.54) is 16.3 Å². The van der Waals surface area contributed by atoms with Crippen molar-refractivity contribution in [1.29, 1.82) is 0 Å². The van der Waals surface area contributed by atoms with Crippen LogP contribution in [0.2, 0.25) is 0 Å². The van der Waals surface area contributed by atoms with Gasteiger partial charge in [0.05, 0.1) is 11.7 Å². The molecule has 2 aromatic rings. The molecule has 4 nitrogen and oxygen atoms in total. The summed E-state index contributed by atoms with van der Waals surface area (Å²) in [5.41, 5.74) is 2.56. The van der Waals surface area contributed by atoms with Crippen molar-refractivity contribution in [1.82, 2.24) is 0 Å². The van der Waals surface area contributed by atoms with Gasteiger partial charge in [-0.3, -0.25) is 5.01 Å². The highest BCUT2D eigenvalue weighted by Crippen LogP contribution is 2.37. The molecule has 198 valence electrons. The number of hydrazone groups is 1. The smallest absolute Gasteiger partial charge is 0.431 e. The molecule has 0 aliphatic carbocycles. The summed E-state index contributed by atoms with van der Waals surface area (Å²) in [6, 6.07) is 15.7. The van der Waals surface area contributed by atoms with Gasteiger partial charge in [0, 0.05) is 37.5 Å². The third kappa shape index (κ3) is 6.34. The standard InChI is InChI=1S/C27H34F3N3O.C2H6/c1-5-25-19(4)26(27(28,29)30)31-33(25)21-9-11-23(12-10-21)34-24-13-15-32(16-14-24)22-8-6-7-20(17-22)18(2)3;1-2/h6-12,17-19,24-25H,5,13-16H2,1-4H3;1-2H3/t19?,25-;/m0./s1. The molecule has 0 saturated carbocycles. The molecular formula is C29H40F3N3O. The molecule has 0 N–H and O–H groups in total. The minimum Gasteiger partial charge on any atom is -0.490 e. The average molecular weight is 504 g/mol.